The van der Waals surface area contributed by atoms with E-state index in [2.05, 4.69) is 9.97 Å². The largest absolute Gasteiger partial charge is 0.416 e. The first kappa shape index (κ1) is 24.3. The van der Waals surface area contributed by atoms with Gasteiger partial charge in [0.05, 0.1) is 16.6 Å². The number of primary amides is 1. The van der Waals surface area contributed by atoms with Crippen LogP contribution < -0.4 is 11.3 Å². The zero-order valence-corrected chi connectivity index (χ0v) is 18.0. The highest BCUT2D eigenvalue weighted by Gasteiger charge is 2.35. The molecule has 4 aromatic rings. The third kappa shape index (κ3) is 4.73. The van der Waals surface area contributed by atoms with E-state index in [1.54, 1.807) is 0 Å². The molecule has 5 N–H and O–H groups in total. The number of aryl methyl sites for hydroxylation is 1. The average Bonchev–Trinajstić information content (AvgIpc) is 2.77. The van der Waals surface area contributed by atoms with E-state index in [4.69, 9.17) is 5.73 Å². The summed E-state index contributed by atoms with van der Waals surface area (Å²) in [6, 6.07) is 7.69. The van der Waals surface area contributed by atoms with Gasteiger partial charge < -0.3 is 20.9 Å². The summed E-state index contributed by atoms with van der Waals surface area (Å²) in [4.78, 5) is 31.0. The maximum absolute atomic E-state index is 14.4. The highest BCUT2D eigenvalue weighted by molar-refractivity contribution is 5.98. The van der Waals surface area contributed by atoms with Gasteiger partial charge in [0.15, 0.2) is 6.29 Å². The van der Waals surface area contributed by atoms with Crippen LogP contribution in [0, 0.1) is 5.82 Å². The number of rotatable bonds is 6. The number of aliphatic hydroxyl groups excluding tert-OH is 1. The van der Waals surface area contributed by atoms with E-state index >= 15 is 0 Å². The standard InChI is InChI=1S/C24H19F4N3O4/c25-17-9-16(24(26,27)28)15(12-3-1-2-4-13(12)17)7-11-8-18-21(30-10-11)14(5-6-19(32)33)20(22(29)34)23(35)31-18/h1-4,8-10,19,32-33H,5-7H2,(H2,29,34)(H,31,35). The van der Waals surface area contributed by atoms with Gasteiger partial charge in [0.1, 0.15) is 11.4 Å². The average molecular weight is 489 g/mol. The van der Waals surface area contributed by atoms with Crippen molar-refractivity contribution in [2.75, 3.05) is 0 Å². The number of benzene rings is 2. The number of nitrogens with zero attached hydrogens (tertiary/aromatic N) is 1. The number of aromatic nitrogens is 2. The molecule has 182 valence electrons. The Bertz CT molecular complexity index is 1510. The number of nitrogens with one attached hydrogen (secondary N) is 1. The van der Waals surface area contributed by atoms with Crippen molar-refractivity contribution in [3.05, 3.63) is 86.6 Å². The molecule has 0 atom stereocenters. The van der Waals surface area contributed by atoms with Gasteiger partial charge in [-0.2, -0.15) is 13.2 Å². The number of nitrogens with two attached hydrogens (primary N) is 1. The monoisotopic (exact) mass is 489 g/mol. The van der Waals surface area contributed by atoms with Crippen LogP contribution in [0.15, 0.2) is 47.4 Å². The molecule has 0 aliphatic rings. The number of carbonyl (C=O) groups excluding carboxylic acids is 1. The van der Waals surface area contributed by atoms with Gasteiger partial charge in [0, 0.05) is 24.4 Å². The summed E-state index contributed by atoms with van der Waals surface area (Å²) in [6.45, 7) is 0. The number of aliphatic hydroxyl groups is 2. The fourth-order valence-corrected chi connectivity index (χ4v) is 4.20. The second-order valence-corrected chi connectivity index (χ2v) is 8.04. The molecule has 2 aromatic heterocycles. The Labute approximate surface area is 194 Å². The van der Waals surface area contributed by atoms with Crippen LogP contribution in [0.1, 0.15) is 39.0 Å². The van der Waals surface area contributed by atoms with Gasteiger partial charge >= 0.3 is 6.18 Å². The topological polar surface area (TPSA) is 129 Å². The van der Waals surface area contributed by atoms with Crippen molar-refractivity contribution >= 4 is 27.7 Å². The lowest BCUT2D eigenvalue weighted by Crippen LogP contribution is -2.27. The lowest BCUT2D eigenvalue weighted by Gasteiger charge is -2.17. The van der Waals surface area contributed by atoms with Crippen LogP contribution >= 0.6 is 0 Å². The third-order valence-electron chi connectivity index (χ3n) is 5.70. The molecule has 4 rings (SSSR count). The van der Waals surface area contributed by atoms with Crippen molar-refractivity contribution in [2.45, 2.75) is 31.7 Å². The molecule has 0 bridgehead atoms. The lowest BCUT2D eigenvalue weighted by atomic mass is 9.93. The van der Waals surface area contributed by atoms with Crippen molar-refractivity contribution in [3.8, 4) is 0 Å². The molecule has 0 aliphatic heterocycles. The number of alkyl halides is 3. The van der Waals surface area contributed by atoms with Gasteiger partial charge in [-0.15, -0.1) is 0 Å². The quantitative estimate of drug-likeness (QED) is 0.244. The highest BCUT2D eigenvalue weighted by atomic mass is 19.4. The number of fused-ring (bicyclic) bond motifs is 2. The molecule has 0 saturated heterocycles. The number of aromatic amines is 1. The van der Waals surface area contributed by atoms with E-state index in [0.717, 1.165) is 0 Å². The zero-order chi connectivity index (χ0) is 25.5. The molecule has 0 aliphatic carbocycles. The number of amides is 1. The molecule has 0 fully saturated rings. The molecule has 1 amide bonds. The van der Waals surface area contributed by atoms with Crippen LogP contribution in [0.3, 0.4) is 0 Å². The normalized spacial score (nSPS) is 12.1. The summed E-state index contributed by atoms with van der Waals surface area (Å²) in [7, 11) is 0. The molecule has 7 nitrogen and oxygen atoms in total. The van der Waals surface area contributed by atoms with Crippen molar-refractivity contribution in [3.63, 3.8) is 0 Å². The number of carbonyl (C=O) groups is 1. The molecule has 35 heavy (non-hydrogen) atoms. The highest BCUT2D eigenvalue weighted by Crippen LogP contribution is 2.38. The number of halogens is 4. The van der Waals surface area contributed by atoms with E-state index in [0.29, 0.717) is 6.07 Å². The Morgan fingerprint density at radius 2 is 1.80 bits per heavy atom. The molecule has 2 heterocycles. The number of hydrogen-bond acceptors (Lipinski definition) is 5. The number of hydrogen-bond donors (Lipinski definition) is 4. The van der Waals surface area contributed by atoms with Crippen LogP contribution in [0.25, 0.3) is 21.8 Å². The van der Waals surface area contributed by atoms with Crippen molar-refractivity contribution in [2.24, 2.45) is 5.73 Å². The van der Waals surface area contributed by atoms with E-state index in [1.165, 1.54) is 36.5 Å². The second-order valence-electron chi connectivity index (χ2n) is 8.04. The summed E-state index contributed by atoms with van der Waals surface area (Å²) in [6.07, 6.45) is -5.83. The van der Waals surface area contributed by atoms with E-state index < -0.39 is 35.3 Å². The SMILES string of the molecule is NC(=O)c1c(CCC(O)O)c2ncc(Cc3c(C(F)(F)F)cc(F)c4ccccc34)cc2[nH]c1=O. The van der Waals surface area contributed by atoms with Gasteiger partial charge in [-0.25, -0.2) is 4.39 Å². The molecular formula is C24H19F4N3O4. The first-order valence-electron chi connectivity index (χ1n) is 10.4. The minimum atomic E-state index is -4.81. The zero-order valence-electron chi connectivity index (χ0n) is 18.0. The Balaban J connectivity index is 1.89. The summed E-state index contributed by atoms with van der Waals surface area (Å²) in [5.74, 6) is -2.03. The Hall–Kier alpha value is -3.83. The van der Waals surface area contributed by atoms with E-state index in [1.807, 2.05) is 0 Å². The maximum atomic E-state index is 14.4. The van der Waals surface area contributed by atoms with Crippen LogP contribution in [-0.2, 0) is 19.0 Å². The molecule has 2 aromatic carbocycles. The summed E-state index contributed by atoms with van der Waals surface area (Å²) in [5, 5.41) is 18.5. The first-order chi connectivity index (χ1) is 16.5. The summed E-state index contributed by atoms with van der Waals surface area (Å²) >= 11 is 0. The lowest BCUT2D eigenvalue weighted by molar-refractivity contribution is -0.138. The molecule has 0 radical (unpaired) electrons. The van der Waals surface area contributed by atoms with E-state index in [9.17, 15) is 37.4 Å². The second kappa shape index (κ2) is 9.08. The number of H-pyrrole nitrogens is 1. The molecule has 0 spiro atoms. The number of pyridine rings is 2. The van der Waals surface area contributed by atoms with Gasteiger partial charge in [-0.1, -0.05) is 24.3 Å². The summed E-state index contributed by atoms with van der Waals surface area (Å²) in [5.41, 5.74) is 3.47. The van der Waals surface area contributed by atoms with Gasteiger partial charge in [-0.05, 0) is 40.6 Å². The fraction of sp³-hybridized carbons (Fsp3) is 0.208. The maximum Gasteiger partial charge on any atom is 0.416 e. The van der Waals surface area contributed by atoms with Crippen LogP contribution in [-0.4, -0.2) is 32.4 Å². The third-order valence-corrected chi connectivity index (χ3v) is 5.70. The molecule has 0 saturated carbocycles. The van der Waals surface area contributed by atoms with Crippen LogP contribution in [0.4, 0.5) is 17.6 Å². The first-order valence-corrected chi connectivity index (χ1v) is 10.4. The molecule has 11 heteroatoms. The van der Waals surface area contributed by atoms with Gasteiger partial charge in [-0.3, -0.25) is 14.6 Å². The summed E-state index contributed by atoms with van der Waals surface area (Å²) < 4.78 is 55.7. The van der Waals surface area contributed by atoms with Crippen LogP contribution in [0.5, 0.6) is 0 Å². The van der Waals surface area contributed by atoms with Crippen molar-refractivity contribution in [1.29, 1.82) is 0 Å². The predicted octanol–water partition coefficient (Wildman–Crippen LogP) is 3.17. The fourth-order valence-electron chi connectivity index (χ4n) is 4.20. The van der Waals surface area contributed by atoms with Crippen LogP contribution in [0.2, 0.25) is 0 Å². The van der Waals surface area contributed by atoms with Gasteiger partial charge in [0.2, 0.25) is 0 Å². The Morgan fingerprint density at radius 3 is 2.43 bits per heavy atom. The smallest absolute Gasteiger partial charge is 0.368 e. The van der Waals surface area contributed by atoms with Gasteiger partial charge in [0.25, 0.3) is 11.5 Å². The predicted molar refractivity (Wildman–Crippen MR) is 119 cm³/mol. The van der Waals surface area contributed by atoms with E-state index in [-0.39, 0.29) is 63.3 Å². The Morgan fingerprint density at radius 1 is 1.11 bits per heavy atom. The Kier molecular flexibility index (Phi) is 6.30. The molecule has 0 unspecified atom stereocenters. The minimum Gasteiger partial charge on any atom is -0.368 e. The molecular weight excluding hydrogens is 470 g/mol. The van der Waals surface area contributed by atoms with Crippen molar-refractivity contribution in [1.82, 2.24) is 9.97 Å². The van der Waals surface area contributed by atoms with Crippen molar-refractivity contribution < 1.29 is 32.6 Å². The minimum absolute atomic E-state index is 0.0357.